The summed E-state index contributed by atoms with van der Waals surface area (Å²) in [6.45, 7) is 1.60. The first kappa shape index (κ1) is 19.5. The second-order valence-electron chi connectivity index (χ2n) is 6.43. The van der Waals surface area contributed by atoms with Gasteiger partial charge in [0.2, 0.25) is 0 Å². The second-order valence-corrected chi connectivity index (χ2v) is 7.24. The molecular formula is C21H14Cl2F2N2O2. The van der Waals surface area contributed by atoms with E-state index in [1.54, 1.807) is 48.0 Å². The highest BCUT2D eigenvalue weighted by Crippen LogP contribution is 2.29. The van der Waals surface area contributed by atoms with Crippen molar-refractivity contribution in [2.75, 3.05) is 0 Å². The zero-order chi connectivity index (χ0) is 20.7. The summed E-state index contributed by atoms with van der Waals surface area (Å²) < 4.78 is 35.5. The zero-order valence-electron chi connectivity index (χ0n) is 15.1. The van der Waals surface area contributed by atoms with Crippen LogP contribution in [0.1, 0.15) is 11.1 Å². The Morgan fingerprint density at radius 2 is 1.76 bits per heavy atom. The Bertz CT molecular complexity index is 1280. The molecule has 0 N–H and O–H groups in total. The van der Waals surface area contributed by atoms with E-state index in [0.29, 0.717) is 32.6 Å². The normalized spacial score (nSPS) is 11.2. The molecule has 2 aromatic carbocycles. The summed E-state index contributed by atoms with van der Waals surface area (Å²) in [5.74, 6) is -0.903. The second kappa shape index (κ2) is 7.54. The fraction of sp³-hybridized carbons (Fsp3) is 0.0952. The molecule has 4 rings (SSSR count). The smallest absolute Gasteiger partial charge is 0.275 e. The number of halogens is 4. The lowest BCUT2D eigenvalue weighted by molar-refractivity contribution is 0.299. The molecule has 0 unspecified atom stereocenters. The summed E-state index contributed by atoms with van der Waals surface area (Å²) >= 11 is 12.6. The third kappa shape index (κ3) is 3.50. The molecule has 0 radical (unpaired) electrons. The molecule has 29 heavy (non-hydrogen) atoms. The van der Waals surface area contributed by atoms with Gasteiger partial charge in [0.25, 0.3) is 5.56 Å². The van der Waals surface area contributed by atoms with Gasteiger partial charge in [0.1, 0.15) is 29.7 Å². The molecule has 0 bridgehead atoms. The van der Waals surface area contributed by atoms with Gasteiger partial charge in [-0.25, -0.2) is 13.5 Å². The van der Waals surface area contributed by atoms with Crippen LogP contribution in [0.2, 0.25) is 10.0 Å². The number of aromatic nitrogens is 2. The van der Waals surface area contributed by atoms with E-state index in [2.05, 4.69) is 0 Å². The predicted molar refractivity (Wildman–Crippen MR) is 108 cm³/mol. The van der Waals surface area contributed by atoms with Crippen molar-refractivity contribution >= 4 is 28.7 Å². The van der Waals surface area contributed by atoms with Crippen LogP contribution in [0.5, 0.6) is 5.75 Å². The molecule has 0 saturated heterocycles. The summed E-state index contributed by atoms with van der Waals surface area (Å²) in [6, 6.07) is 11.6. The highest BCUT2D eigenvalue weighted by atomic mass is 35.5. The molecule has 4 nitrogen and oxygen atoms in total. The molecule has 8 heteroatoms. The lowest BCUT2D eigenvalue weighted by Crippen LogP contribution is -2.19. The Hall–Kier alpha value is -2.83. The first-order valence-electron chi connectivity index (χ1n) is 8.62. The molecule has 0 fully saturated rings. The van der Waals surface area contributed by atoms with Gasteiger partial charge < -0.3 is 4.74 Å². The number of pyridine rings is 1. The lowest BCUT2D eigenvalue weighted by atomic mass is 10.2. The van der Waals surface area contributed by atoms with E-state index in [1.165, 1.54) is 16.8 Å². The predicted octanol–water partition coefficient (Wildman–Crippen LogP) is 5.56. The molecular weight excluding hydrogens is 421 g/mol. The molecule has 2 heterocycles. The maximum atomic E-state index is 13.8. The Kier molecular flexibility index (Phi) is 5.06. The maximum absolute atomic E-state index is 13.8. The summed E-state index contributed by atoms with van der Waals surface area (Å²) in [4.78, 5) is 12.9. The number of nitrogens with zero attached hydrogens (tertiary/aromatic N) is 2. The van der Waals surface area contributed by atoms with Gasteiger partial charge in [-0.15, -0.1) is 0 Å². The SMILES string of the molecule is Cc1c(=O)n(-c2c(Cl)cccc2Cl)n2ccc(OCc3ccc(F)cc3F)cc12. The number of ether oxygens (including phenoxy) is 1. The fourth-order valence-corrected chi connectivity index (χ4v) is 3.64. The fourth-order valence-electron chi connectivity index (χ4n) is 3.08. The summed E-state index contributed by atoms with van der Waals surface area (Å²) in [5.41, 5.74) is 1.39. The highest BCUT2D eigenvalue weighted by Gasteiger charge is 2.18. The third-order valence-corrected chi connectivity index (χ3v) is 5.19. The highest BCUT2D eigenvalue weighted by molar-refractivity contribution is 6.37. The van der Waals surface area contributed by atoms with Gasteiger partial charge in [0.05, 0.1) is 15.6 Å². The topological polar surface area (TPSA) is 35.6 Å². The van der Waals surface area contributed by atoms with Crippen LogP contribution >= 0.6 is 23.2 Å². The van der Waals surface area contributed by atoms with Crippen LogP contribution in [-0.2, 0) is 6.61 Å². The molecule has 2 aromatic heterocycles. The first-order valence-corrected chi connectivity index (χ1v) is 9.37. The maximum Gasteiger partial charge on any atom is 0.275 e. The molecule has 0 saturated carbocycles. The van der Waals surface area contributed by atoms with E-state index < -0.39 is 11.6 Å². The monoisotopic (exact) mass is 434 g/mol. The average molecular weight is 435 g/mol. The molecule has 0 aliphatic carbocycles. The molecule has 148 valence electrons. The number of aryl methyl sites for hydroxylation is 1. The minimum atomic E-state index is -0.682. The van der Waals surface area contributed by atoms with Crippen LogP contribution in [0.25, 0.3) is 11.2 Å². The van der Waals surface area contributed by atoms with Gasteiger partial charge in [-0.3, -0.25) is 9.31 Å². The largest absolute Gasteiger partial charge is 0.489 e. The minimum Gasteiger partial charge on any atom is -0.489 e. The number of para-hydroxylation sites is 1. The third-order valence-electron chi connectivity index (χ3n) is 4.58. The molecule has 0 atom stereocenters. The van der Waals surface area contributed by atoms with Crippen LogP contribution in [0.4, 0.5) is 8.78 Å². The van der Waals surface area contributed by atoms with Crippen molar-refractivity contribution in [2.45, 2.75) is 13.5 Å². The van der Waals surface area contributed by atoms with Gasteiger partial charge >= 0.3 is 0 Å². The van der Waals surface area contributed by atoms with Crippen molar-refractivity contribution in [3.8, 4) is 11.4 Å². The van der Waals surface area contributed by atoms with E-state index in [-0.39, 0.29) is 17.7 Å². The van der Waals surface area contributed by atoms with Crippen LogP contribution < -0.4 is 10.3 Å². The van der Waals surface area contributed by atoms with Crippen LogP contribution in [0.15, 0.2) is 59.5 Å². The standard InChI is InChI=1S/C21H14Cl2F2N2O2/c1-12-19-10-15(29-11-13-5-6-14(24)9-18(13)25)7-8-26(19)27(21(12)28)20-16(22)3-2-4-17(20)23/h2-10H,11H2,1H3. The van der Waals surface area contributed by atoms with Gasteiger partial charge in [0.15, 0.2) is 0 Å². The number of benzene rings is 2. The van der Waals surface area contributed by atoms with Gasteiger partial charge in [-0.1, -0.05) is 29.3 Å². The first-order chi connectivity index (χ1) is 13.9. The van der Waals surface area contributed by atoms with E-state index in [0.717, 1.165) is 6.07 Å². The summed E-state index contributed by atoms with van der Waals surface area (Å²) in [7, 11) is 0. The molecule has 0 amide bonds. The zero-order valence-corrected chi connectivity index (χ0v) is 16.6. The van der Waals surface area contributed by atoms with Crippen molar-refractivity contribution in [2.24, 2.45) is 0 Å². The van der Waals surface area contributed by atoms with Crippen molar-refractivity contribution in [1.82, 2.24) is 9.20 Å². The summed E-state index contributed by atoms with van der Waals surface area (Å²) in [5, 5.41) is 0.678. The quantitative estimate of drug-likeness (QED) is 0.421. The Labute approximate surface area is 174 Å². The number of hydrogen-bond acceptors (Lipinski definition) is 2. The van der Waals surface area contributed by atoms with Crippen molar-refractivity contribution < 1.29 is 13.5 Å². The number of fused-ring (bicyclic) bond motifs is 1. The van der Waals surface area contributed by atoms with Crippen molar-refractivity contribution in [1.29, 1.82) is 0 Å². The molecule has 0 aliphatic rings. The molecule has 0 spiro atoms. The van der Waals surface area contributed by atoms with Crippen LogP contribution in [-0.4, -0.2) is 9.20 Å². The minimum absolute atomic E-state index is 0.0807. The van der Waals surface area contributed by atoms with Crippen molar-refractivity contribution in [3.05, 3.63) is 97.9 Å². The lowest BCUT2D eigenvalue weighted by Gasteiger charge is -2.11. The van der Waals surface area contributed by atoms with Gasteiger partial charge in [-0.05, 0) is 37.3 Å². The van der Waals surface area contributed by atoms with Crippen LogP contribution in [0, 0.1) is 18.6 Å². The van der Waals surface area contributed by atoms with E-state index >= 15 is 0 Å². The number of rotatable bonds is 4. The van der Waals surface area contributed by atoms with E-state index in [9.17, 15) is 13.6 Å². The Balaban J connectivity index is 1.74. The van der Waals surface area contributed by atoms with Crippen LogP contribution in [0.3, 0.4) is 0 Å². The van der Waals surface area contributed by atoms with Gasteiger partial charge in [0, 0.05) is 29.5 Å². The van der Waals surface area contributed by atoms with Crippen molar-refractivity contribution in [3.63, 3.8) is 0 Å². The Morgan fingerprint density at radius 1 is 1.03 bits per heavy atom. The Morgan fingerprint density at radius 3 is 2.45 bits per heavy atom. The average Bonchev–Trinajstić information content (AvgIpc) is 2.92. The summed E-state index contributed by atoms with van der Waals surface area (Å²) in [6.07, 6.45) is 1.64. The van der Waals surface area contributed by atoms with E-state index in [4.69, 9.17) is 27.9 Å². The molecule has 4 aromatic rings. The van der Waals surface area contributed by atoms with Gasteiger partial charge in [-0.2, -0.15) is 0 Å². The number of hydrogen-bond donors (Lipinski definition) is 0. The molecule has 0 aliphatic heterocycles. The van der Waals surface area contributed by atoms with E-state index in [1.807, 2.05) is 0 Å².